The summed E-state index contributed by atoms with van der Waals surface area (Å²) in [6, 6.07) is 11.6. The number of amides is 2. The maximum atomic E-state index is 13.3. The molecule has 4 rings (SSSR count). The van der Waals surface area contributed by atoms with Gasteiger partial charge >= 0.3 is 0 Å². The lowest BCUT2D eigenvalue weighted by Crippen LogP contribution is -2.55. The highest BCUT2D eigenvalue weighted by atomic mass is 16.7. The Morgan fingerprint density at radius 3 is 2.49 bits per heavy atom. The van der Waals surface area contributed by atoms with Crippen molar-refractivity contribution in [3.63, 3.8) is 0 Å². The van der Waals surface area contributed by atoms with Crippen molar-refractivity contribution in [2.24, 2.45) is 0 Å². The number of aryl methyl sites for hydroxylation is 1. The van der Waals surface area contributed by atoms with Crippen molar-refractivity contribution in [2.75, 3.05) is 13.4 Å². The van der Waals surface area contributed by atoms with Crippen molar-refractivity contribution in [3.05, 3.63) is 70.0 Å². The number of carbonyl (C=O) groups excluding carboxylic acids is 2. The van der Waals surface area contributed by atoms with Gasteiger partial charge in [-0.15, -0.1) is 0 Å². The molecule has 1 atom stereocenters. The van der Waals surface area contributed by atoms with Crippen LogP contribution >= 0.6 is 0 Å². The van der Waals surface area contributed by atoms with Gasteiger partial charge < -0.3 is 29.8 Å². The number of aliphatic hydroxyl groups is 1. The van der Waals surface area contributed by atoms with Crippen molar-refractivity contribution in [3.8, 4) is 11.5 Å². The standard InChI is InChI=1S/C26H29N3O6/c1-4-29-13-18(23(31)17-11-21-22(12-20(17)29)35-15-34-21)24(32)27-19(10-16-8-6-5-7-9-16)25(33)28-26(2,3)14-30/h5-9,11-13,19,30H,4,10,14-15H2,1-3H3,(H,27,32)(H,28,33)/t19-/m1/s1. The maximum Gasteiger partial charge on any atom is 0.257 e. The largest absolute Gasteiger partial charge is 0.454 e. The molecule has 0 bridgehead atoms. The first kappa shape index (κ1) is 24.3. The first-order valence-electron chi connectivity index (χ1n) is 11.5. The second-order valence-corrected chi connectivity index (χ2v) is 9.13. The number of nitrogens with zero attached hydrogens (tertiary/aromatic N) is 1. The van der Waals surface area contributed by atoms with Gasteiger partial charge in [0.1, 0.15) is 11.6 Å². The lowest BCUT2D eigenvalue weighted by molar-refractivity contribution is -0.125. The van der Waals surface area contributed by atoms with E-state index in [-0.39, 0.29) is 25.4 Å². The Kier molecular flexibility index (Phi) is 6.79. The average molecular weight is 480 g/mol. The van der Waals surface area contributed by atoms with E-state index in [9.17, 15) is 19.5 Å². The fourth-order valence-electron chi connectivity index (χ4n) is 3.96. The molecule has 0 radical (unpaired) electrons. The lowest BCUT2D eigenvalue weighted by atomic mass is 10.0. The topological polar surface area (TPSA) is 119 Å². The minimum Gasteiger partial charge on any atom is -0.454 e. The molecular weight excluding hydrogens is 450 g/mol. The van der Waals surface area contributed by atoms with Crippen LogP contribution in [0.25, 0.3) is 10.9 Å². The number of aliphatic hydroxyl groups excluding tert-OH is 1. The number of hydrogen-bond acceptors (Lipinski definition) is 6. The summed E-state index contributed by atoms with van der Waals surface area (Å²) in [6.07, 6.45) is 1.71. The summed E-state index contributed by atoms with van der Waals surface area (Å²) in [5.41, 5.74) is 0.0472. The Morgan fingerprint density at radius 2 is 1.83 bits per heavy atom. The van der Waals surface area contributed by atoms with Gasteiger partial charge in [-0.1, -0.05) is 30.3 Å². The Labute approximate surface area is 202 Å². The second-order valence-electron chi connectivity index (χ2n) is 9.13. The molecule has 9 heteroatoms. The number of aromatic nitrogens is 1. The quantitative estimate of drug-likeness (QED) is 0.455. The van der Waals surface area contributed by atoms with Crippen LogP contribution in [0.2, 0.25) is 0 Å². The van der Waals surface area contributed by atoms with E-state index in [1.165, 1.54) is 6.20 Å². The number of benzene rings is 2. The van der Waals surface area contributed by atoms with Gasteiger partial charge in [0.25, 0.3) is 5.91 Å². The zero-order chi connectivity index (χ0) is 25.2. The highest BCUT2D eigenvalue weighted by Gasteiger charge is 2.28. The molecule has 0 saturated heterocycles. The molecule has 1 aliphatic heterocycles. The molecule has 0 aliphatic carbocycles. The highest BCUT2D eigenvalue weighted by molar-refractivity contribution is 6.00. The van der Waals surface area contributed by atoms with Crippen LogP contribution in [0.15, 0.2) is 53.5 Å². The third-order valence-electron chi connectivity index (χ3n) is 5.92. The average Bonchev–Trinajstić information content (AvgIpc) is 3.31. The summed E-state index contributed by atoms with van der Waals surface area (Å²) >= 11 is 0. The van der Waals surface area contributed by atoms with Gasteiger partial charge in [-0.05, 0) is 32.4 Å². The van der Waals surface area contributed by atoms with E-state index in [4.69, 9.17) is 9.47 Å². The summed E-state index contributed by atoms with van der Waals surface area (Å²) in [5.74, 6) is -0.124. The maximum absolute atomic E-state index is 13.3. The van der Waals surface area contributed by atoms with E-state index in [0.29, 0.717) is 28.9 Å². The monoisotopic (exact) mass is 479 g/mol. The molecule has 1 aromatic heterocycles. The summed E-state index contributed by atoms with van der Waals surface area (Å²) in [6.45, 7) is 5.57. The molecule has 1 aliphatic rings. The number of ether oxygens (including phenoxy) is 2. The van der Waals surface area contributed by atoms with Crippen molar-refractivity contribution in [1.82, 2.24) is 15.2 Å². The number of pyridine rings is 1. The van der Waals surface area contributed by atoms with Crippen LogP contribution in [-0.4, -0.2) is 46.5 Å². The van der Waals surface area contributed by atoms with E-state index in [0.717, 1.165) is 5.56 Å². The molecule has 2 heterocycles. The molecule has 0 spiro atoms. The van der Waals surface area contributed by atoms with Crippen LogP contribution in [0.1, 0.15) is 36.7 Å². The van der Waals surface area contributed by atoms with E-state index >= 15 is 0 Å². The third-order valence-corrected chi connectivity index (χ3v) is 5.92. The van der Waals surface area contributed by atoms with Gasteiger partial charge in [0, 0.05) is 25.2 Å². The van der Waals surface area contributed by atoms with Crippen LogP contribution in [0, 0.1) is 0 Å². The Bertz CT molecular complexity index is 1320. The van der Waals surface area contributed by atoms with Gasteiger partial charge in [-0.25, -0.2) is 0 Å². The smallest absolute Gasteiger partial charge is 0.257 e. The van der Waals surface area contributed by atoms with Crippen LogP contribution in [0.3, 0.4) is 0 Å². The molecule has 0 fully saturated rings. The number of nitrogens with one attached hydrogen (secondary N) is 2. The van der Waals surface area contributed by atoms with Crippen molar-refractivity contribution >= 4 is 22.7 Å². The molecule has 184 valence electrons. The first-order chi connectivity index (χ1) is 16.7. The normalized spacial score (nSPS) is 13.5. The van der Waals surface area contributed by atoms with E-state index in [2.05, 4.69) is 10.6 Å². The number of rotatable bonds is 8. The fraction of sp³-hybridized carbons (Fsp3) is 0.346. The summed E-state index contributed by atoms with van der Waals surface area (Å²) in [7, 11) is 0. The van der Waals surface area contributed by atoms with E-state index in [1.54, 1.807) is 30.5 Å². The first-order valence-corrected chi connectivity index (χ1v) is 11.5. The third kappa shape index (κ3) is 5.14. The fourth-order valence-corrected chi connectivity index (χ4v) is 3.96. The van der Waals surface area contributed by atoms with Gasteiger partial charge in [0.15, 0.2) is 11.5 Å². The van der Waals surface area contributed by atoms with Gasteiger partial charge in [0.2, 0.25) is 18.1 Å². The number of fused-ring (bicyclic) bond motifs is 2. The van der Waals surface area contributed by atoms with Crippen molar-refractivity contribution in [1.29, 1.82) is 0 Å². The van der Waals surface area contributed by atoms with Crippen molar-refractivity contribution in [2.45, 2.75) is 45.3 Å². The number of carbonyl (C=O) groups is 2. The molecule has 2 aromatic carbocycles. The van der Waals surface area contributed by atoms with E-state index in [1.807, 2.05) is 37.3 Å². The summed E-state index contributed by atoms with van der Waals surface area (Å²) in [5, 5.41) is 15.4. The van der Waals surface area contributed by atoms with Crippen LogP contribution in [0.4, 0.5) is 0 Å². The van der Waals surface area contributed by atoms with E-state index < -0.39 is 28.8 Å². The highest BCUT2D eigenvalue weighted by Crippen LogP contribution is 2.35. The van der Waals surface area contributed by atoms with Crippen molar-refractivity contribution < 1.29 is 24.2 Å². The number of hydrogen-bond donors (Lipinski definition) is 3. The summed E-state index contributed by atoms with van der Waals surface area (Å²) < 4.78 is 12.6. The van der Waals surface area contributed by atoms with Crippen LogP contribution < -0.4 is 25.5 Å². The van der Waals surface area contributed by atoms with Crippen LogP contribution in [0.5, 0.6) is 11.5 Å². The zero-order valence-corrected chi connectivity index (χ0v) is 20.0. The SMILES string of the molecule is CCn1cc(C(=O)N[C@H](Cc2ccccc2)C(=O)NC(C)(C)CO)c(=O)c2cc3c(cc21)OCO3. The Hall–Kier alpha value is -3.85. The zero-order valence-electron chi connectivity index (χ0n) is 20.0. The molecule has 3 aromatic rings. The van der Waals surface area contributed by atoms with Crippen LogP contribution in [-0.2, 0) is 17.8 Å². The second kappa shape index (κ2) is 9.79. The minimum absolute atomic E-state index is 0.0692. The molecule has 9 nitrogen and oxygen atoms in total. The molecule has 3 N–H and O–H groups in total. The minimum atomic E-state index is -0.961. The van der Waals surface area contributed by atoms with Gasteiger partial charge in [-0.3, -0.25) is 14.4 Å². The Balaban J connectivity index is 1.69. The predicted octanol–water partition coefficient (Wildman–Crippen LogP) is 1.98. The molecule has 35 heavy (non-hydrogen) atoms. The summed E-state index contributed by atoms with van der Waals surface area (Å²) in [4.78, 5) is 39.7. The molecule has 0 saturated carbocycles. The lowest BCUT2D eigenvalue weighted by Gasteiger charge is -2.27. The van der Waals surface area contributed by atoms with Gasteiger partial charge in [-0.2, -0.15) is 0 Å². The molecule has 0 unspecified atom stereocenters. The Morgan fingerprint density at radius 1 is 1.14 bits per heavy atom. The van der Waals surface area contributed by atoms with Gasteiger partial charge in [0.05, 0.1) is 23.0 Å². The molecular formula is C26H29N3O6. The predicted molar refractivity (Wildman–Crippen MR) is 131 cm³/mol. The molecule has 2 amide bonds.